The molecule has 0 saturated carbocycles. The van der Waals surface area contributed by atoms with E-state index >= 15 is 0 Å². The van der Waals surface area contributed by atoms with Crippen molar-refractivity contribution in [3.63, 3.8) is 0 Å². The molecule has 4 rings (SSSR count). The minimum atomic E-state index is -0.305. The summed E-state index contributed by atoms with van der Waals surface area (Å²) < 4.78 is 14.4. The zero-order valence-electron chi connectivity index (χ0n) is 18.6. The predicted octanol–water partition coefficient (Wildman–Crippen LogP) is 5.92. The van der Waals surface area contributed by atoms with Crippen LogP contribution in [-0.4, -0.2) is 41.2 Å². The van der Waals surface area contributed by atoms with E-state index in [-0.39, 0.29) is 36.1 Å². The van der Waals surface area contributed by atoms with E-state index in [0.29, 0.717) is 18.7 Å². The normalized spacial score (nSPS) is 15.4. The van der Waals surface area contributed by atoms with Crippen LogP contribution in [0.1, 0.15) is 46.3 Å². The lowest BCUT2D eigenvalue weighted by atomic mass is 9.93. The van der Waals surface area contributed by atoms with Gasteiger partial charge in [-0.3, -0.25) is 9.59 Å². The van der Waals surface area contributed by atoms with Crippen LogP contribution in [0.4, 0.5) is 4.39 Å². The van der Waals surface area contributed by atoms with Crippen LogP contribution in [0.2, 0.25) is 0 Å². The molecule has 1 atom stereocenters. The molecule has 0 aliphatic carbocycles. The number of nitrogens with zero attached hydrogens (tertiary/aromatic N) is 2. The van der Waals surface area contributed by atoms with E-state index in [1.165, 1.54) is 17.0 Å². The Bertz CT molecular complexity index is 1150. The third-order valence-electron chi connectivity index (χ3n) is 5.74. The molecular formula is C26H26BrFN2O2S. The zero-order chi connectivity index (χ0) is 23.5. The second-order valence-corrected chi connectivity index (χ2v) is 10.6. The number of benzene rings is 2. The van der Waals surface area contributed by atoms with Gasteiger partial charge >= 0.3 is 0 Å². The molecule has 0 bridgehead atoms. The van der Waals surface area contributed by atoms with Crippen LogP contribution >= 0.6 is 27.3 Å². The average Bonchev–Trinajstić information content (AvgIpc) is 3.27. The summed E-state index contributed by atoms with van der Waals surface area (Å²) in [7, 11) is 0. The van der Waals surface area contributed by atoms with Gasteiger partial charge in [-0.05, 0) is 65.2 Å². The number of thiophene rings is 1. The van der Waals surface area contributed by atoms with Crippen molar-refractivity contribution in [2.45, 2.75) is 26.3 Å². The van der Waals surface area contributed by atoms with Gasteiger partial charge in [0, 0.05) is 28.0 Å². The smallest absolute Gasteiger partial charge is 0.254 e. The average molecular weight is 529 g/mol. The summed E-state index contributed by atoms with van der Waals surface area (Å²) in [5.41, 5.74) is 2.50. The van der Waals surface area contributed by atoms with Gasteiger partial charge in [0.2, 0.25) is 5.91 Å². The van der Waals surface area contributed by atoms with Crippen molar-refractivity contribution in [3.8, 4) is 0 Å². The number of hydrogen-bond acceptors (Lipinski definition) is 3. The van der Waals surface area contributed by atoms with Gasteiger partial charge in [-0.1, -0.05) is 48.0 Å². The maximum Gasteiger partial charge on any atom is 0.254 e. The number of hydrogen-bond donors (Lipinski definition) is 0. The number of amides is 2. The summed E-state index contributed by atoms with van der Waals surface area (Å²) in [6.07, 6.45) is 0.778. The first-order valence-corrected chi connectivity index (χ1v) is 12.7. The molecule has 2 aromatic carbocycles. The Morgan fingerprint density at radius 2 is 1.94 bits per heavy atom. The van der Waals surface area contributed by atoms with Crippen LogP contribution < -0.4 is 0 Å². The quantitative estimate of drug-likeness (QED) is 0.398. The lowest BCUT2D eigenvalue weighted by molar-refractivity contribution is -0.134. The third kappa shape index (κ3) is 5.36. The maximum atomic E-state index is 13.6. The molecule has 2 amide bonds. The number of fused-ring (bicyclic) bond motifs is 1. The fourth-order valence-electron chi connectivity index (χ4n) is 4.31. The molecule has 172 valence electrons. The van der Waals surface area contributed by atoms with E-state index in [1.54, 1.807) is 40.5 Å². The summed E-state index contributed by atoms with van der Waals surface area (Å²) in [6, 6.07) is 15.3. The molecule has 1 aromatic heterocycles. The second kappa shape index (κ2) is 10.2. The standard InChI is InChI=1S/C26H26BrFN2O2S/c1-17(2)15-29(26(32)19-4-3-5-20(27)14-19)16-24(31)30-12-10-23-22(11-13-33-23)25(30)18-6-8-21(28)9-7-18/h3-9,11,13-14,17,25H,10,12,15-16H2,1-2H3. The van der Waals surface area contributed by atoms with E-state index < -0.39 is 0 Å². The van der Waals surface area contributed by atoms with E-state index in [0.717, 1.165) is 22.0 Å². The second-order valence-electron chi connectivity index (χ2n) is 8.68. The van der Waals surface area contributed by atoms with E-state index in [4.69, 9.17) is 0 Å². The number of rotatable bonds is 6. The summed E-state index contributed by atoms with van der Waals surface area (Å²) in [6.45, 7) is 5.11. The number of halogens is 2. The summed E-state index contributed by atoms with van der Waals surface area (Å²) in [4.78, 5) is 31.6. The molecule has 0 fully saturated rings. The van der Waals surface area contributed by atoms with Crippen LogP contribution in [0.3, 0.4) is 0 Å². The van der Waals surface area contributed by atoms with Crippen LogP contribution in [0, 0.1) is 11.7 Å². The van der Waals surface area contributed by atoms with Crippen molar-refractivity contribution in [3.05, 3.63) is 91.8 Å². The molecule has 2 heterocycles. The van der Waals surface area contributed by atoms with Gasteiger partial charge in [0.05, 0.1) is 6.04 Å². The van der Waals surface area contributed by atoms with Crippen molar-refractivity contribution in [2.24, 2.45) is 5.92 Å². The third-order valence-corrected chi connectivity index (χ3v) is 7.23. The van der Waals surface area contributed by atoms with Crippen molar-refractivity contribution in [1.82, 2.24) is 9.80 Å². The van der Waals surface area contributed by atoms with Crippen LogP contribution in [-0.2, 0) is 11.2 Å². The summed E-state index contributed by atoms with van der Waals surface area (Å²) >= 11 is 5.11. The molecular weight excluding hydrogens is 503 g/mol. The van der Waals surface area contributed by atoms with E-state index in [1.807, 2.05) is 42.3 Å². The van der Waals surface area contributed by atoms with Crippen molar-refractivity contribution in [1.29, 1.82) is 0 Å². The molecule has 1 aliphatic rings. The summed E-state index contributed by atoms with van der Waals surface area (Å²) in [5, 5.41) is 2.04. The Labute approximate surface area is 206 Å². The lowest BCUT2D eigenvalue weighted by Crippen LogP contribution is -2.47. The molecule has 3 aromatic rings. The largest absolute Gasteiger partial charge is 0.330 e. The molecule has 0 saturated heterocycles. The van der Waals surface area contributed by atoms with E-state index in [2.05, 4.69) is 15.9 Å². The first kappa shape index (κ1) is 23.6. The van der Waals surface area contributed by atoms with E-state index in [9.17, 15) is 14.0 Å². The van der Waals surface area contributed by atoms with Crippen molar-refractivity contribution < 1.29 is 14.0 Å². The first-order valence-electron chi connectivity index (χ1n) is 11.0. The molecule has 4 nitrogen and oxygen atoms in total. The highest BCUT2D eigenvalue weighted by molar-refractivity contribution is 9.10. The lowest BCUT2D eigenvalue weighted by Gasteiger charge is -2.38. The van der Waals surface area contributed by atoms with Gasteiger partial charge in [0.15, 0.2) is 0 Å². The highest BCUT2D eigenvalue weighted by Gasteiger charge is 2.34. The van der Waals surface area contributed by atoms with Crippen LogP contribution in [0.15, 0.2) is 64.5 Å². The van der Waals surface area contributed by atoms with Gasteiger partial charge < -0.3 is 9.80 Å². The monoisotopic (exact) mass is 528 g/mol. The minimum Gasteiger partial charge on any atom is -0.330 e. The maximum absolute atomic E-state index is 13.6. The number of carbonyl (C=O) groups excluding carboxylic acids is 2. The zero-order valence-corrected chi connectivity index (χ0v) is 21.0. The van der Waals surface area contributed by atoms with Gasteiger partial charge in [0.25, 0.3) is 5.91 Å². The SMILES string of the molecule is CC(C)CN(CC(=O)N1CCc2sccc2C1c1ccc(F)cc1)C(=O)c1cccc(Br)c1. The van der Waals surface area contributed by atoms with Crippen LogP contribution in [0.5, 0.6) is 0 Å². The Morgan fingerprint density at radius 1 is 1.18 bits per heavy atom. The predicted molar refractivity (Wildman–Crippen MR) is 133 cm³/mol. The molecule has 7 heteroatoms. The molecule has 0 spiro atoms. The Balaban J connectivity index is 1.62. The highest BCUT2D eigenvalue weighted by Crippen LogP contribution is 2.38. The Morgan fingerprint density at radius 3 is 2.64 bits per heavy atom. The molecule has 33 heavy (non-hydrogen) atoms. The summed E-state index contributed by atoms with van der Waals surface area (Å²) in [5.74, 6) is -0.359. The molecule has 1 unspecified atom stereocenters. The molecule has 1 aliphatic heterocycles. The first-order chi connectivity index (χ1) is 15.8. The van der Waals surface area contributed by atoms with Crippen molar-refractivity contribution in [2.75, 3.05) is 19.6 Å². The van der Waals surface area contributed by atoms with Crippen molar-refractivity contribution >= 4 is 39.1 Å². The molecule has 0 N–H and O–H groups in total. The van der Waals surface area contributed by atoms with Gasteiger partial charge in [-0.25, -0.2) is 4.39 Å². The highest BCUT2D eigenvalue weighted by atomic mass is 79.9. The fourth-order valence-corrected chi connectivity index (χ4v) is 5.61. The number of carbonyl (C=O) groups is 2. The topological polar surface area (TPSA) is 40.6 Å². The van der Waals surface area contributed by atoms with Gasteiger partial charge in [-0.2, -0.15) is 0 Å². The Kier molecular flexibility index (Phi) is 7.29. The molecule has 0 radical (unpaired) electrons. The fraction of sp³-hybridized carbons (Fsp3) is 0.308. The van der Waals surface area contributed by atoms with Gasteiger partial charge in [-0.15, -0.1) is 11.3 Å². The minimum absolute atomic E-state index is 0.000686. The van der Waals surface area contributed by atoms with Crippen LogP contribution in [0.25, 0.3) is 0 Å². The van der Waals surface area contributed by atoms with Gasteiger partial charge in [0.1, 0.15) is 12.4 Å². The Hall–Kier alpha value is -2.51.